The van der Waals surface area contributed by atoms with E-state index in [2.05, 4.69) is 5.32 Å². The van der Waals surface area contributed by atoms with E-state index in [9.17, 15) is 13.2 Å². The molecule has 32 heavy (non-hydrogen) atoms. The highest BCUT2D eigenvalue weighted by molar-refractivity contribution is 7.92. The van der Waals surface area contributed by atoms with Gasteiger partial charge in [0.1, 0.15) is 12.3 Å². The molecule has 2 aromatic carbocycles. The Morgan fingerprint density at radius 3 is 2.25 bits per heavy atom. The van der Waals surface area contributed by atoms with E-state index in [0.29, 0.717) is 23.8 Å². The third kappa shape index (κ3) is 6.29. The number of rotatable bonds is 12. The van der Waals surface area contributed by atoms with Gasteiger partial charge in [-0.25, -0.2) is 8.42 Å². The first-order valence-electron chi connectivity index (χ1n) is 10.5. The van der Waals surface area contributed by atoms with E-state index >= 15 is 0 Å². The fourth-order valence-electron chi connectivity index (χ4n) is 3.25. The van der Waals surface area contributed by atoms with Gasteiger partial charge in [-0.05, 0) is 56.7 Å². The minimum Gasteiger partial charge on any atom is -0.494 e. The van der Waals surface area contributed by atoms with Crippen molar-refractivity contribution in [2.45, 2.75) is 44.6 Å². The van der Waals surface area contributed by atoms with Crippen molar-refractivity contribution >= 4 is 21.6 Å². The summed E-state index contributed by atoms with van der Waals surface area (Å²) in [6.07, 6.45) is 1.71. The molecule has 0 saturated heterocycles. The SMILES string of the molecule is CCC[C@H](C)NC(=O)CN(c1ccc(OCC)cc1)S(=O)(=O)c1ccc(OC)c(OC)c1. The van der Waals surface area contributed by atoms with Crippen molar-refractivity contribution in [1.29, 1.82) is 0 Å². The van der Waals surface area contributed by atoms with Crippen LogP contribution in [0.4, 0.5) is 5.69 Å². The molecule has 0 aliphatic rings. The summed E-state index contributed by atoms with van der Waals surface area (Å²) in [6.45, 7) is 5.91. The van der Waals surface area contributed by atoms with Crippen molar-refractivity contribution in [2.24, 2.45) is 0 Å². The van der Waals surface area contributed by atoms with Crippen LogP contribution in [0.25, 0.3) is 0 Å². The molecule has 2 aromatic rings. The van der Waals surface area contributed by atoms with E-state index in [4.69, 9.17) is 14.2 Å². The van der Waals surface area contributed by atoms with Crippen LogP contribution in [0.1, 0.15) is 33.6 Å². The monoisotopic (exact) mass is 464 g/mol. The Labute approximate surface area is 190 Å². The van der Waals surface area contributed by atoms with Crippen molar-refractivity contribution in [3.63, 3.8) is 0 Å². The molecule has 0 aliphatic heterocycles. The molecule has 0 aromatic heterocycles. The Kier molecular flexibility index (Phi) is 9.19. The number of nitrogens with zero attached hydrogens (tertiary/aromatic N) is 1. The number of sulfonamides is 1. The van der Waals surface area contributed by atoms with Gasteiger partial charge in [0.25, 0.3) is 10.0 Å². The summed E-state index contributed by atoms with van der Waals surface area (Å²) >= 11 is 0. The lowest BCUT2D eigenvalue weighted by molar-refractivity contribution is -0.120. The lowest BCUT2D eigenvalue weighted by atomic mass is 10.2. The number of hydrogen-bond acceptors (Lipinski definition) is 6. The smallest absolute Gasteiger partial charge is 0.264 e. The van der Waals surface area contributed by atoms with E-state index in [1.54, 1.807) is 24.3 Å². The topological polar surface area (TPSA) is 94.2 Å². The quantitative estimate of drug-likeness (QED) is 0.516. The number of benzene rings is 2. The van der Waals surface area contributed by atoms with Crippen LogP contribution < -0.4 is 23.8 Å². The van der Waals surface area contributed by atoms with Crippen LogP contribution in [0.5, 0.6) is 17.2 Å². The highest BCUT2D eigenvalue weighted by Crippen LogP contribution is 2.32. The maximum Gasteiger partial charge on any atom is 0.264 e. The fourth-order valence-corrected chi connectivity index (χ4v) is 4.69. The Morgan fingerprint density at radius 2 is 1.69 bits per heavy atom. The van der Waals surface area contributed by atoms with Crippen LogP contribution in [0.3, 0.4) is 0 Å². The highest BCUT2D eigenvalue weighted by atomic mass is 32.2. The van der Waals surface area contributed by atoms with E-state index in [1.807, 2.05) is 20.8 Å². The molecule has 8 nitrogen and oxygen atoms in total. The first kappa shape index (κ1) is 25.3. The molecule has 0 heterocycles. The molecule has 1 atom stereocenters. The minimum absolute atomic E-state index is 0.0153. The summed E-state index contributed by atoms with van der Waals surface area (Å²) in [5.74, 6) is 0.913. The van der Waals surface area contributed by atoms with Crippen molar-refractivity contribution in [3.05, 3.63) is 42.5 Å². The Hall–Kier alpha value is -2.94. The maximum absolute atomic E-state index is 13.6. The molecule has 0 radical (unpaired) electrons. The molecule has 176 valence electrons. The average Bonchev–Trinajstić information content (AvgIpc) is 2.77. The molecule has 0 bridgehead atoms. The van der Waals surface area contributed by atoms with Gasteiger partial charge in [-0.15, -0.1) is 0 Å². The van der Waals surface area contributed by atoms with Gasteiger partial charge in [0, 0.05) is 12.1 Å². The van der Waals surface area contributed by atoms with Crippen LogP contribution in [0.2, 0.25) is 0 Å². The predicted molar refractivity (Wildman–Crippen MR) is 124 cm³/mol. The normalized spacial score (nSPS) is 12.0. The molecule has 0 saturated carbocycles. The van der Waals surface area contributed by atoms with Gasteiger partial charge < -0.3 is 19.5 Å². The molecule has 0 fully saturated rings. The van der Waals surface area contributed by atoms with E-state index < -0.39 is 10.0 Å². The van der Waals surface area contributed by atoms with Crippen molar-refractivity contribution in [1.82, 2.24) is 5.32 Å². The number of hydrogen-bond donors (Lipinski definition) is 1. The second-order valence-corrected chi connectivity index (χ2v) is 9.07. The van der Waals surface area contributed by atoms with Crippen LogP contribution >= 0.6 is 0 Å². The number of nitrogens with one attached hydrogen (secondary N) is 1. The summed E-state index contributed by atoms with van der Waals surface area (Å²) in [6, 6.07) is 10.9. The average molecular weight is 465 g/mol. The van der Waals surface area contributed by atoms with Gasteiger partial charge >= 0.3 is 0 Å². The lowest BCUT2D eigenvalue weighted by Crippen LogP contribution is -2.43. The van der Waals surface area contributed by atoms with E-state index in [0.717, 1.165) is 17.1 Å². The fraction of sp³-hybridized carbons (Fsp3) is 0.435. The molecule has 1 amide bonds. The van der Waals surface area contributed by atoms with Gasteiger partial charge in [0.2, 0.25) is 5.91 Å². The zero-order valence-electron chi connectivity index (χ0n) is 19.3. The minimum atomic E-state index is -4.08. The second kappa shape index (κ2) is 11.6. The van der Waals surface area contributed by atoms with Gasteiger partial charge in [-0.1, -0.05) is 13.3 Å². The standard InChI is InChI=1S/C23H32N2O6S/c1-6-8-17(3)24-23(26)16-25(18-9-11-19(12-10-18)31-7-2)32(27,28)20-13-14-21(29-4)22(15-20)30-5/h9-15,17H,6-8,16H2,1-5H3,(H,24,26)/t17-/m0/s1. The Morgan fingerprint density at radius 1 is 1.03 bits per heavy atom. The van der Waals surface area contributed by atoms with Crippen molar-refractivity contribution in [3.8, 4) is 17.2 Å². The lowest BCUT2D eigenvalue weighted by Gasteiger charge is -2.25. The molecule has 2 rings (SSSR count). The molecule has 1 N–H and O–H groups in total. The molecule has 9 heteroatoms. The number of carbonyl (C=O) groups is 1. The maximum atomic E-state index is 13.6. The number of ether oxygens (including phenoxy) is 3. The Balaban J connectivity index is 2.45. The zero-order chi connectivity index (χ0) is 23.7. The van der Waals surface area contributed by atoms with Crippen LogP contribution in [0.15, 0.2) is 47.4 Å². The molecule has 0 aliphatic carbocycles. The summed E-state index contributed by atoms with van der Waals surface area (Å²) in [5.41, 5.74) is 0.349. The van der Waals surface area contributed by atoms with Gasteiger partial charge in [-0.3, -0.25) is 9.10 Å². The van der Waals surface area contributed by atoms with Gasteiger partial charge in [-0.2, -0.15) is 0 Å². The van der Waals surface area contributed by atoms with Gasteiger partial charge in [0.05, 0.1) is 31.4 Å². The predicted octanol–water partition coefficient (Wildman–Crippen LogP) is 3.60. The third-order valence-electron chi connectivity index (χ3n) is 4.79. The van der Waals surface area contributed by atoms with Gasteiger partial charge in [0.15, 0.2) is 11.5 Å². The first-order chi connectivity index (χ1) is 15.3. The summed E-state index contributed by atoms with van der Waals surface area (Å²) in [4.78, 5) is 12.7. The number of anilines is 1. The van der Waals surface area contributed by atoms with E-state index in [-0.39, 0.29) is 29.1 Å². The zero-order valence-corrected chi connectivity index (χ0v) is 20.1. The largest absolute Gasteiger partial charge is 0.494 e. The van der Waals surface area contributed by atoms with Crippen LogP contribution in [-0.2, 0) is 14.8 Å². The molecular formula is C23H32N2O6S. The summed E-state index contributed by atoms with van der Waals surface area (Å²) < 4.78 is 44.1. The molecule has 0 unspecified atom stereocenters. The molecule has 0 spiro atoms. The van der Waals surface area contributed by atoms with Crippen molar-refractivity contribution in [2.75, 3.05) is 31.7 Å². The van der Waals surface area contributed by atoms with Crippen LogP contribution in [0, 0.1) is 0 Å². The number of methoxy groups -OCH3 is 2. The highest BCUT2D eigenvalue weighted by Gasteiger charge is 2.28. The molecular weight excluding hydrogens is 432 g/mol. The Bertz CT molecular complexity index is 992. The summed E-state index contributed by atoms with van der Waals surface area (Å²) in [5, 5.41) is 2.86. The third-order valence-corrected chi connectivity index (χ3v) is 6.56. The summed E-state index contributed by atoms with van der Waals surface area (Å²) in [7, 11) is -1.18. The van der Waals surface area contributed by atoms with Crippen LogP contribution in [-0.4, -0.2) is 47.7 Å². The number of amides is 1. The van der Waals surface area contributed by atoms with E-state index in [1.165, 1.54) is 32.4 Å². The first-order valence-corrected chi connectivity index (χ1v) is 12.0. The van der Waals surface area contributed by atoms with Crippen molar-refractivity contribution < 1.29 is 27.4 Å². The number of carbonyl (C=O) groups excluding carboxylic acids is 1. The second-order valence-electron chi connectivity index (χ2n) is 7.21.